The highest BCUT2D eigenvalue weighted by molar-refractivity contribution is 6.34. The van der Waals surface area contributed by atoms with Crippen molar-refractivity contribution in [3.63, 3.8) is 0 Å². The van der Waals surface area contributed by atoms with E-state index in [0.29, 0.717) is 15.7 Å². The van der Waals surface area contributed by atoms with E-state index in [1.807, 2.05) is 24.3 Å². The number of nitrogens with one attached hydrogen (secondary N) is 1. The Balaban J connectivity index is 2.18. The highest BCUT2D eigenvalue weighted by Gasteiger charge is 2.19. The largest absolute Gasteiger partial charge is 0.271 e. The van der Waals surface area contributed by atoms with Crippen LogP contribution < -0.4 is 11.3 Å². The van der Waals surface area contributed by atoms with Crippen molar-refractivity contribution in [3.05, 3.63) is 70.2 Å². The van der Waals surface area contributed by atoms with Crippen LogP contribution in [0.25, 0.3) is 10.8 Å². The number of hydrogen-bond donors (Lipinski definition) is 2. The van der Waals surface area contributed by atoms with Gasteiger partial charge in [-0.15, -0.1) is 0 Å². The molecule has 0 bridgehead atoms. The first-order chi connectivity index (χ1) is 10.2. The molecule has 0 aliphatic carbocycles. The lowest BCUT2D eigenvalue weighted by atomic mass is 9.98. The number of nitrogens with zero attached hydrogens (tertiary/aromatic N) is 2. The third kappa shape index (κ3) is 2.71. The lowest BCUT2D eigenvalue weighted by molar-refractivity contribution is 0.625. The number of fused-ring (bicyclic) bond motifs is 1. The summed E-state index contributed by atoms with van der Waals surface area (Å²) in [5, 5.41) is 3.02. The summed E-state index contributed by atoms with van der Waals surface area (Å²) in [5.74, 6) is 5.73. The van der Waals surface area contributed by atoms with Crippen LogP contribution in [0.15, 0.2) is 48.9 Å². The maximum absolute atomic E-state index is 6.25. The van der Waals surface area contributed by atoms with Gasteiger partial charge in [0.15, 0.2) is 0 Å². The zero-order valence-corrected chi connectivity index (χ0v) is 12.4. The Labute approximate surface area is 131 Å². The van der Waals surface area contributed by atoms with Crippen LogP contribution in [0.3, 0.4) is 0 Å². The standard InChI is InChI=1S/C15H12Cl2N4/c16-10-6-13(17)15(20-7-10)14(21-18)11-3-1-2-9-4-5-19-8-12(9)11/h1-8,14,21H,18H2. The summed E-state index contributed by atoms with van der Waals surface area (Å²) >= 11 is 12.1. The van der Waals surface area contributed by atoms with E-state index in [0.717, 1.165) is 16.3 Å². The van der Waals surface area contributed by atoms with Gasteiger partial charge in [-0.2, -0.15) is 0 Å². The number of hydrogen-bond acceptors (Lipinski definition) is 4. The minimum absolute atomic E-state index is 0.345. The maximum Gasteiger partial charge on any atom is 0.0903 e. The summed E-state index contributed by atoms with van der Waals surface area (Å²) in [7, 11) is 0. The molecule has 1 unspecified atom stereocenters. The van der Waals surface area contributed by atoms with E-state index in [9.17, 15) is 0 Å². The lowest BCUT2D eigenvalue weighted by Crippen LogP contribution is -2.30. The first-order valence-corrected chi connectivity index (χ1v) is 7.06. The molecule has 3 rings (SSSR count). The molecule has 4 nitrogen and oxygen atoms in total. The second-order valence-corrected chi connectivity index (χ2v) is 5.41. The summed E-state index contributed by atoms with van der Waals surface area (Å²) < 4.78 is 0. The molecule has 3 N–H and O–H groups in total. The SMILES string of the molecule is NNC(c1ncc(Cl)cc1Cl)c1cccc2ccncc12. The van der Waals surface area contributed by atoms with Crippen molar-refractivity contribution in [1.29, 1.82) is 0 Å². The average molecular weight is 319 g/mol. The van der Waals surface area contributed by atoms with Crippen molar-refractivity contribution >= 4 is 34.0 Å². The summed E-state index contributed by atoms with van der Waals surface area (Å²) in [6.07, 6.45) is 5.11. The van der Waals surface area contributed by atoms with Crippen LogP contribution in [0.4, 0.5) is 0 Å². The molecule has 0 aliphatic rings. The van der Waals surface area contributed by atoms with Gasteiger partial charge in [-0.25, -0.2) is 5.43 Å². The molecular weight excluding hydrogens is 307 g/mol. The van der Waals surface area contributed by atoms with Crippen LogP contribution in [-0.4, -0.2) is 9.97 Å². The van der Waals surface area contributed by atoms with E-state index >= 15 is 0 Å². The molecule has 1 aromatic carbocycles. The molecule has 2 heterocycles. The van der Waals surface area contributed by atoms with Gasteiger partial charge in [-0.05, 0) is 23.1 Å². The fourth-order valence-electron chi connectivity index (χ4n) is 2.34. The van der Waals surface area contributed by atoms with E-state index in [-0.39, 0.29) is 6.04 Å². The molecule has 0 saturated heterocycles. The molecule has 0 fully saturated rings. The summed E-state index contributed by atoms with van der Waals surface area (Å²) in [5.41, 5.74) is 4.35. The number of nitrogens with two attached hydrogens (primary N) is 1. The molecule has 0 saturated carbocycles. The monoisotopic (exact) mass is 318 g/mol. The van der Waals surface area contributed by atoms with Gasteiger partial charge in [-0.3, -0.25) is 15.8 Å². The van der Waals surface area contributed by atoms with E-state index in [2.05, 4.69) is 15.4 Å². The quantitative estimate of drug-likeness (QED) is 0.573. The number of rotatable bonds is 3. The molecule has 0 aliphatic heterocycles. The van der Waals surface area contributed by atoms with Gasteiger partial charge in [0.05, 0.1) is 21.8 Å². The van der Waals surface area contributed by atoms with Crippen molar-refractivity contribution in [1.82, 2.24) is 15.4 Å². The zero-order chi connectivity index (χ0) is 14.8. The average Bonchev–Trinajstić information content (AvgIpc) is 2.50. The van der Waals surface area contributed by atoms with Gasteiger partial charge >= 0.3 is 0 Å². The second-order valence-electron chi connectivity index (χ2n) is 4.56. The van der Waals surface area contributed by atoms with E-state index in [1.54, 1.807) is 24.7 Å². The van der Waals surface area contributed by atoms with Crippen molar-refractivity contribution in [2.75, 3.05) is 0 Å². The third-order valence-electron chi connectivity index (χ3n) is 3.30. The minimum atomic E-state index is -0.345. The van der Waals surface area contributed by atoms with Crippen molar-refractivity contribution < 1.29 is 0 Å². The Morgan fingerprint density at radius 2 is 2.00 bits per heavy atom. The number of halogens is 2. The topological polar surface area (TPSA) is 63.8 Å². The van der Waals surface area contributed by atoms with Crippen LogP contribution in [0.2, 0.25) is 10.0 Å². The minimum Gasteiger partial charge on any atom is -0.271 e. The highest BCUT2D eigenvalue weighted by Crippen LogP contribution is 2.31. The van der Waals surface area contributed by atoms with Gasteiger partial charge < -0.3 is 0 Å². The van der Waals surface area contributed by atoms with E-state index in [1.165, 1.54) is 0 Å². The van der Waals surface area contributed by atoms with Crippen LogP contribution in [0.5, 0.6) is 0 Å². The van der Waals surface area contributed by atoms with Crippen molar-refractivity contribution in [3.8, 4) is 0 Å². The first-order valence-electron chi connectivity index (χ1n) is 6.30. The predicted octanol–water partition coefficient (Wildman–Crippen LogP) is 3.49. The number of benzene rings is 1. The van der Waals surface area contributed by atoms with Gasteiger partial charge in [0.1, 0.15) is 0 Å². The normalized spacial score (nSPS) is 12.5. The number of pyridine rings is 2. The molecule has 106 valence electrons. The van der Waals surface area contributed by atoms with Crippen LogP contribution in [-0.2, 0) is 0 Å². The molecule has 3 aromatic rings. The fourth-order valence-corrected chi connectivity index (χ4v) is 2.83. The summed E-state index contributed by atoms with van der Waals surface area (Å²) in [6.45, 7) is 0. The molecule has 2 aromatic heterocycles. The van der Waals surface area contributed by atoms with Crippen LogP contribution in [0.1, 0.15) is 17.3 Å². The molecule has 6 heteroatoms. The summed E-state index contributed by atoms with van der Waals surface area (Å²) in [6, 6.07) is 9.21. The molecule has 0 radical (unpaired) electrons. The smallest absolute Gasteiger partial charge is 0.0903 e. The van der Waals surface area contributed by atoms with Gasteiger partial charge in [0.25, 0.3) is 0 Å². The van der Waals surface area contributed by atoms with Crippen molar-refractivity contribution in [2.24, 2.45) is 5.84 Å². The maximum atomic E-state index is 6.25. The Hall–Kier alpha value is -1.72. The Bertz CT molecular complexity index is 786. The van der Waals surface area contributed by atoms with Gasteiger partial charge in [-0.1, -0.05) is 41.4 Å². The molecule has 1 atom stereocenters. The lowest BCUT2D eigenvalue weighted by Gasteiger charge is -2.19. The van der Waals surface area contributed by atoms with Gasteiger partial charge in [0.2, 0.25) is 0 Å². The molecule has 0 amide bonds. The van der Waals surface area contributed by atoms with Crippen LogP contribution in [0, 0.1) is 0 Å². The molecule has 0 spiro atoms. The fraction of sp³-hybridized carbons (Fsp3) is 0.0667. The third-order valence-corrected chi connectivity index (χ3v) is 3.81. The summed E-state index contributed by atoms with van der Waals surface area (Å²) in [4.78, 5) is 8.48. The van der Waals surface area contributed by atoms with E-state index in [4.69, 9.17) is 29.0 Å². The Morgan fingerprint density at radius 3 is 2.76 bits per heavy atom. The number of hydrazine groups is 1. The zero-order valence-electron chi connectivity index (χ0n) is 10.9. The highest BCUT2D eigenvalue weighted by atomic mass is 35.5. The molecule has 21 heavy (non-hydrogen) atoms. The van der Waals surface area contributed by atoms with Crippen molar-refractivity contribution in [2.45, 2.75) is 6.04 Å². The Kier molecular flexibility index (Phi) is 4.03. The first kappa shape index (κ1) is 14.2. The molecular formula is C15H12Cl2N4. The van der Waals surface area contributed by atoms with Gasteiger partial charge in [0, 0.05) is 24.0 Å². The second kappa shape index (κ2) is 5.95. The Morgan fingerprint density at radius 1 is 1.14 bits per heavy atom. The predicted molar refractivity (Wildman–Crippen MR) is 85.2 cm³/mol. The van der Waals surface area contributed by atoms with Crippen LogP contribution >= 0.6 is 23.2 Å². The number of aromatic nitrogens is 2. The van der Waals surface area contributed by atoms with E-state index < -0.39 is 0 Å².